The van der Waals surface area contributed by atoms with Crippen molar-refractivity contribution >= 4 is 5.91 Å². The summed E-state index contributed by atoms with van der Waals surface area (Å²) in [6.45, 7) is 4.66. The minimum atomic E-state index is -0.0291. The molecule has 4 nitrogen and oxygen atoms in total. The number of likely N-dealkylation sites (N-methyl/N-ethyl adjacent to an activating group) is 1. The Morgan fingerprint density at radius 3 is 2.50 bits per heavy atom. The minimum Gasteiger partial charge on any atom is -0.483 e. The third-order valence-electron chi connectivity index (χ3n) is 3.60. The van der Waals surface area contributed by atoms with Gasteiger partial charge in [-0.25, -0.2) is 0 Å². The van der Waals surface area contributed by atoms with Gasteiger partial charge in [-0.3, -0.25) is 9.78 Å². The van der Waals surface area contributed by atoms with E-state index in [1.807, 2.05) is 50.2 Å². The van der Waals surface area contributed by atoms with Crippen LogP contribution in [0.5, 0.6) is 5.75 Å². The Labute approximate surface area is 131 Å². The predicted molar refractivity (Wildman–Crippen MR) is 87.0 cm³/mol. The van der Waals surface area contributed by atoms with Gasteiger partial charge in [0.25, 0.3) is 5.91 Å². The highest BCUT2D eigenvalue weighted by Gasteiger charge is 2.11. The number of amides is 1. The van der Waals surface area contributed by atoms with E-state index in [0.717, 1.165) is 29.0 Å². The average Bonchev–Trinajstić information content (AvgIpc) is 2.53. The number of rotatable bonds is 6. The second-order valence-corrected chi connectivity index (χ2v) is 5.40. The second-order valence-electron chi connectivity index (χ2n) is 5.40. The van der Waals surface area contributed by atoms with Crippen molar-refractivity contribution in [3.8, 4) is 5.75 Å². The first-order valence-corrected chi connectivity index (χ1v) is 7.41. The molecule has 0 radical (unpaired) electrons. The average molecular weight is 298 g/mol. The Morgan fingerprint density at radius 1 is 1.14 bits per heavy atom. The zero-order chi connectivity index (χ0) is 15.9. The normalized spacial score (nSPS) is 10.3. The van der Waals surface area contributed by atoms with Crippen LogP contribution in [0.25, 0.3) is 0 Å². The fraction of sp³-hybridized carbons (Fsp3) is 0.333. The molecule has 0 fully saturated rings. The summed E-state index contributed by atoms with van der Waals surface area (Å²) in [6, 6.07) is 11.8. The SMILES string of the molecule is Cc1cccc(C)c1OCC(=O)N(C)CCc1ccccn1. The summed E-state index contributed by atoms with van der Waals surface area (Å²) in [5, 5.41) is 0. The van der Waals surface area contributed by atoms with Crippen molar-refractivity contribution in [3.63, 3.8) is 0 Å². The zero-order valence-corrected chi connectivity index (χ0v) is 13.4. The lowest BCUT2D eigenvalue weighted by atomic mass is 10.1. The van der Waals surface area contributed by atoms with Crippen molar-refractivity contribution in [3.05, 3.63) is 59.4 Å². The van der Waals surface area contributed by atoms with E-state index in [0.29, 0.717) is 6.54 Å². The number of carbonyl (C=O) groups is 1. The molecule has 1 amide bonds. The highest BCUT2D eigenvalue weighted by molar-refractivity contribution is 5.77. The first-order chi connectivity index (χ1) is 10.6. The number of pyridine rings is 1. The molecule has 0 aliphatic rings. The topological polar surface area (TPSA) is 42.4 Å². The largest absolute Gasteiger partial charge is 0.483 e. The lowest BCUT2D eigenvalue weighted by molar-refractivity contribution is -0.132. The molecule has 0 N–H and O–H groups in total. The van der Waals surface area contributed by atoms with Crippen LogP contribution in [-0.2, 0) is 11.2 Å². The quantitative estimate of drug-likeness (QED) is 0.823. The number of aryl methyl sites for hydroxylation is 2. The molecule has 0 spiro atoms. The van der Waals surface area contributed by atoms with E-state index in [2.05, 4.69) is 4.98 Å². The van der Waals surface area contributed by atoms with Gasteiger partial charge in [-0.15, -0.1) is 0 Å². The molecule has 2 aromatic rings. The van der Waals surface area contributed by atoms with E-state index in [-0.39, 0.29) is 12.5 Å². The van der Waals surface area contributed by atoms with Crippen LogP contribution in [0.2, 0.25) is 0 Å². The fourth-order valence-corrected chi connectivity index (χ4v) is 2.22. The van der Waals surface area contributed by atoms with Crippen LogP contribution in [-0.4, -0.2) is 36.0 Å². The van der Waals surface area contributed by atoms with Gasteiger partial charge in [0.2, 0.25) is 0 Å². The molecule has 0 saturated heterocycles. The van der Waals surface area contributed by atoms with Crippen LogP contribution in [0.3, 0.4) is 0 Å². The molecular weight excluding hydrogens is 276 g/mol. The van der Waals surface area contributed by atoms with Crippen LogP contribution in [0.4, 0.5) is 0 Å². The predicted octanol–water partition coefficient (Wildman–Crippen LogP) is 2.78. The summed E-state index contributed by atoms with van der Waals surface area (Å²) in [7, 11) is 1.79. The van der Waals surface area contributed by atoms with Crippen molar-refractivity contribution < 1.29 is 9.53 Å². The number of nitrogens with zero attached hydrogens (tertiary/aromatic N) is 2. The first kappa shape index (κ1) is 16.0. The van der Waals surface area contributed by atoms with Crippen LogP contribution in [0.15, 0.2) is 42.6 Å². The zero-order valence-electron chi connectivity index (χ0n) is 13.4. The van der Waals surface area contributed by atoms with E-state index in [1.54, 1.807) is 18.1 Å². The van der Waals surface area contributed by atoms with Crippen molar-refractivity contribution in [1.82, 2.24) is 9.88 Å². The first-order valence-electron chi connectivity index (χ1n) is 7.41. The number of hydrogen-bond acceptors (Lipinski definition) is 3. The Morgan fingerprint density at radius 2 is 1.86 bits per heavy atom. The summed E-state index contributed by atoms with van der Waals surface area (Å²) in [5.41, 5.74) is 3.07. The van der Waals surface area contributed by atoms with Gasteiger partial charge in [0.05, 0.1) is 0 Å². The number of benzene rings is 1. The number of para-hydroxylation sites is 1. The molecule has 1 heterocycles. The standard InChI is InChI=1S/C18H22N2O2/c1-14-7-6-8-15(2)18(14)22-13-17(21)20(3)12-10-16-9-4-5-11-19-16/h4-9,11H,10,12-13H2,1-3H3. The summed E-state index contributed by atoms with van der Waals surface area (Å²) >= 11 is 0. The minimum absolute atomic E-state index is 0.0291. The lowest BCUT2D eigenvalue weighted by Crippen LogP contribution is -2.33. The summed E-state index contributed by atoms with van der Waals surface area (Å²) in [6.07, 6.45) is 2.51. The van der Waals surface area contributed by atoms with E-state index in [9.17, 15) is 4.79 Å². The number of carbonyl (C=O) groups excluding carboxylic acids is 1. The smallest absolute Gasteiger partial charge is 0.260 e. The third-order valence-corrected chi connectivity index (χ3v) is 3.60. The molecule has 22 heavy (non-hydrogen) atoms. The van der Waals surface area contributed by atoms with Gasteiger partial charge in [-0.2, -0.15) is 0 Å². The molecule has 0 saturated carbocycles. The summed E-state index contributed by atoms with van der Waals surface area (Å²) in [4.78, 5) is 18.1. The van der Waals surface area contributed by atoms with Gasteiger partial charge in [0, 0.05) is 31.9 Å². The molecule has 4 heteroatoms. The van der Waals surface area contributed by atoms with Crippen LogP contribution in [0.1, 0.15) is 16.8 Å². The van der Waals surface area contributed by atoms with E-state index < -0.39 is 0 Å². The molecule has 1 aromatic heterocycles. The lowest BCUT2D eigenvalue weighted by Gasteiger charge is -2.18. The van der Waals surface area contributed by atoms with E-state index >= 15 is 0 Å². The monoisotopic (exact) mass is 298 g/mol. The second kappa shape index (κ2) is 7.59. The molecule has 2 rings (SSSR count). The third kappa shape index (κ3) is 4.32. The number of hydrogen-bond donors (Lipinski definition) is 0. The van der Waals surface area contributed by atoms with Gasteiger partial charge in [0.15, 0.2) is 6.61 Å². The molecule has 1 aromatic carbocycles. The molecule has 0 bridgehead atoms. The highest BCUT2D eigenvalue weighted by atomic mass is 16.5. The van der Waals surface area contributed by atoms with Crippen molar-refractivity contribution in [2.45, 2.75) is 20.3 Å². The molecule has 0 unspecified atom stereocenters. The van der Waals surface area contributed by atoms with E-state index in [4.69, 9.17) is 4.74 Å². The van der Waals surface area contributed by atoms with E-state index in [1.165, 1.54) is 0 Å². The Kier molecular flexibility index (Phi) is 5.53. The maximum Gasteiger partial charge on any atom is 0.260 e. The van der Waals surface area contributed by atoms with Gasteiger partial charge in [-0.05, 0) is 37.1 Å². The molecule has 0 aliphatic heterocycles. The fourth-order valence-electron chi connectivity index (χ4n) is 2.22. The molecule has 0 atom stereocenters. The van der Waals surface area contributed by atoms with Crippen LogP contribution in [0, 0.1) is 13.8 Å². The summed E-state index contributed by atoms with van der Waals surface area (Å²) < 4.78 is 5.70. The Hall–Kier alpha value is -2.36. The molecular formula is C18H22N2O2. The highest BCUT2D eigenvalue weighted by Crippen LogP contribution is 2.22. The molecule has 0 aliphatic carbocycles. The maximum absolute atomic E-state index is 12.1. The Balaban J connectivity index is 1.84. The maximum atomic E-state index is 12.1. The van der Waals surface area contributed by atoms with Gasteiger partial charge in [0.1, 0.15) is 5.75 Å². The van der Waals surface area contributed by atoms with Gasteiger partial charge >= 0.3 is 0 Å². The van der Waals surface area contributed by atoms with Gasteiger partial charge < -0.3 is 9.64 Å². The van der Waals surface area contributed by atoms with Gasteiger partial charge in [-0.1, -0.05) is 24.3 Å². The molecule has 116 valence electrons. The van der Waals surface area contributed by atoms with Crippen LogP contribution < -0.4 is 4.74 Å². The summed E-state index contributed by atoms with van der Waals surface area (Å²) in [5.74, 6) is 0.771. The Bertz CT molecular complexity index is 606. The van der Waals surface area contributed by atoms with Crippen molar-refractivity contribution in [2.24, 2.45) is 0 Å². The van der Waals surface area contributed by atoms with Crippen LogP contribution >= 0.6 is 0 Å². The van der Waals surface area contributed by atoms with Crippen molar-refractivity contribution in [1.29, 1.82) is 0 Å². The van der Waals surface area contributed by atoms with Crippen molar-refractivity contribution in [2.75, 3.05) is 20.2 Å². The number of aromatic nitrogens is 1. The number of ether oxygens (including phenoxy) is 1.